The van der Waals surface area contributed by atoms with Crippen LogP contribution in [0.4, 0.5) is 16.2 Å². The van der Waals surface area contributed by atoms with Gasteiger partial charge in [-0.2, -0.15) is 8.42 Å². The van der Waals surface area contributed by atoms with Crippen molar-refractivity contribution in [2.45, 2.75) is 0 Å². The van der Waals surface area contributed by atoms with Crippen molar-refractivity contribution in [2.75, 3.05) is 36.5 Å². The van der Waals surface area contributed by atoms with Gasteiger partial charge in [0.05, 0.1) is 18.9 Å². The summed E-state index contributed by atoms with van der Waals surface area (Å²) in [6.45, 7) is 2.86. The summed E-state index contributed by atoms with van der Waals surface area (Å²) in [6, 6.07) is 4.05. The number of hydrogen-bond acceptors (Lipinski definition) is 5. The van der Waals surface area contributed by atoms with Crippen LogP contribution in [0.15, 0.2) is 22.7 Å². The number of rotatable bonds is 3. The molecule has 1 saturated heterocycles. The van der Waals surface area contributed by atoms with Gasteiger partial charge in [-0.25, -0.2) is 9.52 Å². The lowest BCUT2D eigenvalue weighted by atomic mass is 10.2. The van der Waals surface area contributed by atoms with Crippen LogP contribution < -0.4 is 14.9 Å². The molecule has 2 amide bonds. The maximum atomic E-state index is 11.3. The Morgan fingerprint density at radius 1 is 1.33 bits per heavy atom. The lowest BCUT2D eigenvalue weighted by Crippen LogP contribution is -2.36. The Morgan fingerprint density at radius 2 is 2.00 bits per heavy atom. The monoisotopic (exact) mass is 379 g/mol. The summed E-state index contributed by atoms with van der Waals surface area (Å²) in [5, 5.41) is 2.31. The predicted octanol–water partition coefficient (Wildman–Crippen LogP) is 1.21. The molecule has 2 rings (SSSR count). The topological polar surface area (TPSA) is 108 Å². The van der Waals surface area contributed by atoms with Crippen LogP contribution in [0.3, 0.4) is 0 Å². The minimum atomic E-state index is -4.57. The number of nitrogens with zero attached hydrogens (tertiary/aromatic N) is 1. The normalized spacial score (nSPS) is 15.6. The maximum absolute atomic E-state index is 11.3. The molecule has 1 aromatic carbocycles. The van der Waals surface area contributed by atoms with E-state index in [1.807, 2.05) is 0 Å². The lowest BCUT2D eigenvalue weighted by molar-refractivity contribution is 0.122. The molecular weight excluding hydrogens is 366 g/mol. The summed E-state index contributed by atoms with van der Waals surface area (Å²) in [5.41, 5.74) is 1.35. The number of hydrogen-bond donors (Lipinski definition) is 3. The van der Waals surface area contributed by atoms with Crippen molar-refractivity contribution in [1.29, 1.82) is 0 Å². The molecule has 0 aromatic heterocycles. The molecule has 0 bridgehead atoms. The van der Waals surface area contributed by atoms with Gasteiger partial charge in [-0.1, -0.05) is 0 Å². The average molecular weight is 380 g/mol. The van der Waals surface area contributed by atoms with Crippen LogP contribution in [0.25, 0.3) is 0 Å². The van der Waals surface area contributed by atoms with Crippen LogP contribution in [0.5, 0.6) is 0 Å². The zero-order valence-corrected chi connectivity index (χ0v) is 13.3. The molecular formula is C11H14BrN3O5S. The molecule has 8 nitrogen and oxygen atoms in total. The van der Waals surface area contributed by atoms with Crippen molar-refractivity contribution in [3.05, 3.63) is 22.7 Å². The molecule has 0 atom stereocenters. The summed E-state index contributed by atoms with van der Waals surface area (Å²) in [5.74, 6) is 0. The predicted molar refractivity (Wildman–Crippen MR) is 80.9 cm³/mol. The van der Waals surface area contributed by atoms with E-state index in [9.17, 15) is 13.2 Å². The molecule has 0 saturated carbocycles. The fourth-order valence-corrected chi connectivity index (χ4v) is 2.83. The number of carbonyl (C=O) groups is 1. The number of carbonyl (C=O) groups excluding carboxylic acids is 1. The summed E-state index contributed by atoms with van der Waals surface area (Å²) in [7, 11) is -4.57. The number of anilines is 2. The van der Waals surface area contributed by atoms with Gasteiger partial charge in [0.25, 0.3) is 0 Å². The number of nitrogens with one attached hydrogen (secondary N) is 2. The van der Waals surface area contributed by atoms with Crippen molar-refractivity contribution in [3.8, 4) is 0 Å². The quantitative estimate of drug-likeness (QED) is 0.681. The van der Waals surface area contributed by atoms with Crippen molar-refractivity contribution in [3.63, 3.8) is 0 Å². The minimum Gasteiger partial charge on any atom is -0.378 e. The molecule has 3 N–H and O–H groups in total. The fourth-order valence-electron chi connectivity index (χ4n) is 1.92. The zero-order chi connectivity index (χ0) is 15.5. The first-order valence-electron chi connectivity index (χ1n) is 6.03. The van der Waals surface area contributed by atoms with E-state index >= 15 is 0 Å². The Kier molecular flexibility index (Phi) is 5.04. The first-order valence-corrected chi connectivity index (χ1v) is 8.27. The van der Waals surface area contributed by atoms with E-state index in [-0.39, 0.29) is 0 Å². The van der Waals surface area contributed by atoms with E-state index in [0.717, 1.165) is 23.2 Å². The summed E-state index contributed by atoms with van der Waals surface area (Å²) >= 11 is 3.41. The Hall–Kier alpha value is -1.36. The third-order valence-corrected chi connectivity index (χ3v) is 3.86. The molecule has 116 valence electrons. The first kappa shape index (κ1) is 16.0. The van der Waals surface area contributed by atoms with E-state index in [4.69, 9.17) is 9.29 Å². The molecule has 0 unspecified atom stereocenters. The van der Waals surface area contributed by atoms with Gasteiger partial charge in [0.15, 0.2) is 0 Å². The molecule has 1 heterocycles. The van der Waals surface area contributed by atoms with Crippen molar-refractivity contribution >= 4 is 43.6 Å². The van der Waals surface area contributed by atoms with Gasteiger partial charge in [0, 0.05) is 23.2 Å². The van der Waals surface area contributed by atoms with Crippen LogP contribution in [0, 0.1) is 0 Å². The zero-order valence-electron chi connectivity index (χ0n) is 10.9. The second-order valence-electron chi connectivity index (χ2n) is 4.30. The second-order valence-corrected chi connectivity index (χ2v) is 6.31. The molecule has 1 aromatic rings. The van der Waals surface area contributed by atoms with Crippen LogP contribution in [-0.2, 0) is 15.0 Å². The average Bonchev–Trinajstić information content (AvgIpc) is 2.37. The third-order valence-electron chi connectivity index (χ3n) is 2.78. The smallest absolute Gasteiger partial charge is 0.361 e. The lowest BCUT2D eigenvalue weighted by Gasteiger charge is -2.29. The Morgan fingerprint density at radius 3 is 2.57 bits per heavy atom. The highest BCUT2D eigenvalue weighted by Crippen LogP contribution is 2.29. The number of amides is 2. The van der Waals surface area contributed by atoms with Crippen LogP contribution in [0.1, 0.15) is 0 Å². The fraction of sp³-hybridized carbons (Fsp3) is 0.364. The molecule has 21 heavy (non-hydrogen) atoms. The number of morpholine rings is 1. The molecule has 0 spiro atoms. The molecule has 1 aliphatic rings. The number of urea groups is 1. The van der Waals surface area contributed by atoms with Gasteiger partial charge in [-0.3, -0.25) is 4.55 Å². The van der Waals surface area contributed by atoms with Crippen LogP contribution in [-0.4, -0.2) is 45.3 Å². The van der Waals surface area contributed by atoms with Crippen molar-refractivity contribution in [1.82, 2.24) is 4.72 Å². The van der Waals surface area contributed by atoms with Gasteiger partial charge in [-0.15, -0.1) is 0 Å². The number of halogens is 1. The van der Waals surface area contributed by atoms with Crippen LogP contribution >= 0.6 is 15.9 Å². The van der Waals surface area contributed by atoms with Crippen LogP contribution in [0.2, 0.25) is 0 Å². The number of ether oxygens (including phenoxy) is 1. The second kappa shape index (κ2) is 6.60. The molecule has 10 heteroatoms. The molecule has 1 fully saturated rings. The number of benzene rings is 1. The van der Waals surface area contributed by atoms with Gasteiger partial charge in [0.1, 0.15) is 0 Å². The van der Waals surface area contributed by atoms with E-state index in [0.29, 0.717) is 18.9 Å². The largest absolute Gasteiger partial charge is 0.378 e. The Bertz CT molecular complexity index is 631. The third kappa shape index (κ3) is 4.84. The van der Waals surface area contributed by atoms with Crippen molar-refractivity contribution < 1.29 is 22.5 Å². The van der Waals surface area contributed by atoms with Gasteiger partial charge >= 0.3 is 16.3 Å². The standard InChI is InChI=1S/C11H14BrN3O5S/c12-9-7-8(13-11(16)14-21(17,18)19)1-2-10(9)15-3-5-20-6-4-15/h1-2,7H,3-6H2,(H2,13,14,16)(H,17,18,19). The van der Waals surface area contributed by atoms with Gasteiger partial charge in [-0.05, 0) is 34.1 Å². The Balaban J connectivity index is 2.06. The highest BCUT2D eigenvalue weighted by molar-refractivity contribution is 9.10. The minimum absolute atomic E-state index is 0.389. The van der Waals surface area contributed by atoms with E-state index < -0.39 is 16.3 Å². The highest BCUT2D eigenvalue weighted by atomic mass is 79.9. The SMILES string of the molecule is O=C(Nc1ccc(N2CCOCC2)c(Br)c1)NS(=O)(=O)O. The van der Waals surface area contributed by atoms with Gasteiger partial charge in [0.2, 0.25) is 0 Å². The van der Waals surface area contributed by atoms with E-state index in [1.54, 1.807) is 18.2 Å². The van der Waals surface area contributed by atoms with Gasteiger partial charge < -0.3 is 15.0 Å². The van der Waals surface area contributed by atoms with Crippen molar-refractivity contribution in [2.24, 2.45) is 0 Å². The molecule has 0 aliphatic carbocycles. The highest BCUT2D eigenvalue weighted by Gasteiger charge is 2.15. The summed E-state index contributed by atoms with van der Waals surface area (Å²) in [4.78, 5) is 13.5. The maximum Gasteiger partial charge on any atom is 0.361 e. The van der Waals surface area contributed by atoms with E-state index in [2.05, 4.69) is 26.1 Å². The molecule has 1 aliphatic heterocycles. The van der Waals surface area contributed by atoms with E-state index in [1.165, 1.54) is 4.72 Å². The summed E-state index contributed by atoms with van der Waals surface area (Å²) < 4.78 is 37.0. The first-order chi connectivity index (χ1) is 9.85. The Labute approximate surface area is 130 Å². The molecule has 0 radical (unpaired) electrons. The summed E-state index contributed by atoms with van der Waals surface area (Å²) in [6.07, 6.45) is 0.